The zero-order chi connectivity index (χ0) is 27.0. The van der Waals surface area contributed by atoms with E-state index in [0.29, 0.717) is 11.3 Å². The van der Waals surface area contributed by atoms with Gasteiger partial charge in [-0.3, -0.25) is 19.2 Å². The highest BCUT2D eigenvalue weighted by Gasteiger charge is 2.27. The molecule has 1 aliphatic rings. The van der Waals surface area contributed by atoms with Gasteiger partial charge in [0, 0.05) is 36.5 Å². The summed E-state index contributed by atoms with van der Waals surface area (Å²) in [7, 11) is 0. The van der Waals surface area contributed by atoms with E-state index in [9.17, 15) is 19.2 Å². The van der Waals surface area contributed by atoms with Gasteiger partial charge in [-0.2, -0.15) is 0 Å². The van der Waals surface area contributed by atoms with E-state index in [1.54, 1.807) is 31.3 Å². The number of carbonyl (C=O) groups excluding carboxylic acids is 4. The first-order valence-electron chi connectivity index (χ1n) is 11.9. The fourth-order valence-corrected chi connectivity index (χ4v) is 3.55. The Morgan fingerprint density at radius 1 is 1.08 bits per heavy atom. The Morgan fingerprint density at radius 2 is 1.84 bits per heavy atom. The zero-order valence-corrected chi connectivity index (χ0v) is 21.3. The van der Waals surface area contributed by atoms with E-state index in [1.807, 2.05) is 32.9 Å². The molecule has 0 saturated heterocycles. The van der Waals surface area contributed by atoms with Crippen LogP contribution < -0.4 is 32.1 Å². The predicted octanol–water partition coefficient (Wildman–Crippen LogP) is 0.595. The van der Waals surface area contributed by atoms with Gasteiger partial charge in [0.1, 0.15) is 11.8 Å². The summed E-state index contributed by atoms with van der Waals surface area (Å²) in [6, 6.07) is 7.45. The number of aromatic nitrogens is 1. The molecular formula is C25H33N7O5. The van der Waals surface area contributed by atoms with Crippen molar-refractivity contribution >= 4 is 23.6 Å². The summed E-state index contributed by atoms with van der Waals surface area (Å²) in [6.07, 6.45) is 3.45. The first-order chi connectivity index (χ1) is 17.5. The first kappa shape index (κ1) is 27.4. The average Bonchev–Trinajstić information content (AvgIpc) is 3.52. The topological polar surface area (TPSA) is 166 Å². The number of hydrogen-bond acceptors (Lipinski definition) is 8. The standard InChI is InChI=1S/C25H33N7O5/c1-15-12-20(32-37-15)24(36)29-19(14-21(33)30-25(2,3)4)23(35)27-11-10-26-22(34)17-7-5-6-16(13-17)18-8-9-28-31-18/h5-9,12-13,18-19,28,31H,10-11,14H2,1-4H3,(H,26,34)(H,27,35)(H,29,36)(H,30,33)/t18?,19-/m0/s1. The Labute approximate surface area is 215 Å². The van der Waals surface area contributed by atoms with Gasteiger partial charge in [-0.15, -0.1) is 0 Å². The lowest BCUT2D eigenvalue weighted by molar-refractivity contribution is -0.128. The lowest BCUT2D eigenvalue weighted by Crippen LogP contribution is -2.51. The lowest BCUT2D eigenvalue weighted by Gasteiger charge is -2.23. The van der Waals surface area contributed by atoms with E-state index in [4.69, 9.17) is 4.52 Å². The number of nitrogens with one attached hydrogen (secondary N) is 6. The molecule has 0 spiro atoms. The third-order valence-electron chi connectivity index (χ3n) is 5.21. The summed E-state index contributed by atoms with van der Waals surface area (Å²) in [4.78, 5) is 50.4. The third-order valence-corrected chi connectivity index (χ3v) is 5.21. The minimum atomic E-state index is -1.15. The van der Waals surface area contributed by atoms with Gasteiger partial charge in [0.2, 0.25) is 11.8 Å². The smallest absolute Gasteiger partial charge is 0.274 e. The molecule has 0 radical (unpaired) electrons. The molecule has 12 nitrogen and oxygen atoms in total. The number of aryl methyl sites for hydroxylation is 1. The minimum Gasteiger partial charge on any atom is -0.361 e. The van der Waals surface area contributed by atoms with Crippen LogP contribution in [0, 0.1) is 6.92 Å². The zero-order valence-electron chi connectivity index (χ0n) is 21.3. The second kappa shape index (κ2) is 12.2. The van der Waals surface area contributed by atoms with Gasteiger partial charge in [-0.1, -0.05) is 17.3 Å². The number of carbonyl (C=O) groups is 4. The minimum absolute atomic E-state index is 0.0000917. The molecule has 1 aliphatic heterocycles. The largest absolute Gasteiger partial charge is 0.361 e. The maximum atomic E-state index is 12.8. The predicted molar refractivity (Wildman–Crippen MR) is 135 cm³/mol. The van der Waals surface area contributed by atoms with Crippen LogP contribution in [-0.2, 0) is 9.59 Å². The highest BCUT2D eigenvalue weighted by molar-refractivity contribution is 5.98. The Kier molecular flexibility index (Phi) is 9.01. The van der Waals surface area contributed by atoms with E-state index in [1.165, 1.54) is 6.07 Å². The molecule has 2 aromatic rings. The maximum absolute atomic E-state index is 12.8. The fraction of sp³-hybridized carbons (Fsp3) is 0.400. The van der Waals surface area contributed by atoms with Crippen molar-refractivity contribution in [1.29, 1.82) is 0 Å². The van der Waals surface area contributed by atoms with Crippen LogP contribution in [0.2, 0.25) is 0 Å². The summed E-state index contributed by atoms with van der Waals surface area (Å²) >= 11 is 0. The highest BCUT2D eigenvalue weighted by atomic mass is 16.5. The van der Waals surface area contributed by atoms with Crippen molar-refractivity contribution in [1.82, 2.24) is 37.3 Å². The third kappa shape index (κ3) is 8.46. The van der Waals surface area contributed by atoms with Crippen molar-refractivity contribution < 1.29 is 23.7 Å². The summed E-state index contributed by atoms with van der Waals surface area (Å²) in [6.45, 7) is 7.31. The summed E-state index contributed by atoms with van der Waals surface area (Å²) in [5, 5.41) is 14.4. The van der Waals surface area contributed by atoms with Crippen molar-refractivity contribution in [3.8, 4) is 0 Å². The van der Waals surface area contributed by atoms with Crippen LogP contribution in [0.1, 0.15) is 65.4 Å². The van der Waals surface area contributed by atoms with Gasteiger partial charge < -0.3 is 31.2 Å². The van der Waals surface area contributed by atoms with Crippen molar-refractivity contribution in [2.24, 2.45) is 0 Å². The van der Waals surface area contributed by atoms with Crippen LogP contribution in [0.15, 0.2) is 47.1 Å². The van der Waals surface area contributed by atoms with Crippen molar-refractivity contribution in [3.05, 3.63) is 65.2 Å². The Bertz CT molecular complexity index is 1170. The molecule has 0 bridgehead atoms. The van der Waals surface area contributed by atoms with E-state index in [0.717, 1.165) is 5.56 Å². The number of hydrogen-bond donors (Lipinski definition) is 6. The molecule has 1 aromatic carbocycles. The Balaban J connectivity index is 1.54. The lowest BCUT2D eigenvalue weighted by atomic mass is 10.0. The fourth-order valence-electron chi connectivity index (χ4n) is 3.55. The summed E-state index contributed by atoms with van der Waals surface area (Å²) in [5.74, 6) is -1.47. The van der Waals surface area contributed by atoms with Gasteiger partial charge in [0.05, 0.1) is 12.5 Å². The van der Waals surface area contributed by atoms with Crippen molar-refractivity contribution in [2.45, 2.75) is 51.7 Å². The SMILES string of the molecule is Cc1cc(C(=O)N[C@@H](CC(=O)NC(C)(C)C)C(=O)NCCNC(=O)c2cccc(C3C=CNN3)c2)no1. The maximum Gasteiger partial charge on any atom is 0.274 e. The van der Waals surface area contributed by atoms with Gasteiger partial charge in [-0.25, -0.2) is 5.43 Å². The van der Waals surface area contributed by atoms with Gasteiger partial charge >= 0.3 is 0 Å². The molecule has 2 heterocycles. The second-order valence-corrected chi connectivity index (χ2v) is 9.65. The molecule has 0 aliphatic carbocycles. The molecule has 1 aromatic heterocycles. The highest BCUT2D eigenvalue weighted by Crippen LogP contribution is 2.17. The number of hydrazine groups is 1. The van der Waals surface area contributed by atoms with Gasteiger partial charge in [0.15, 0.2) is 5.69 Å². The molecule has 4 amide bonds. The molecule has 1 unspecified atom stereocenters. The Hall–Kier alpha value is -4.19. The van der Waals surface area contributed by atoms with Crippen LogP contribution in [0.3, 0.4) is 0 Å². The average molecular weight is 512 g/mol. The molecule has 0 saturated carbocycles. The number of benzene rings is 1. The van der Waals surface area contributed by atoms with Crippen LogP contribution in [-0.4, -0.2) is 53.5 Å². The summed E-state index contributed by atoms with van der Waals surface area (Å²) < 4.78 is 4.91. The molecule has 0 fully saturated rings. The van der Waals surface area contributed by atoms with Crippen LogP contribution in [0.25, 0.3) is 0 Å². The number of nitrogens with zero attached hydrogens (tertiary/aromatic N) is 1. The van der Waals surface area contributed by atoms with Crippen molar-refractivity contribution in [3.63, 3.8) is 0 Å². The van der Waals surface area contributed by atoms with Gasteiger partial charge in [-0.05, 0) is 51.5 Å². The normalized spacial score (nSPS) is 15.4. The van der Waals surface area contributed by atoms with Crippen LogP contribution in [0.4, 0.5) is 0 Å². The molecule has 3 rings (SSSR count). The monoisotopic (exact) mass is 511 g/mol. The van der Waals surface area contributed by atoms with E-state index >= 15 is 0 Å². The quantitative estimate of drug-likeness (QED) is 0.252. The van der Waals surface area contributed by atoms with E-state index < -0.39 is 29.3 Å². The summed E-state index contributed by atoms with van der Waals surface area (Å²) in [5.41, 5.74) is 6.86. The second-order valence-electron chi connectivity index (χ2n) is 9.65. The number of rotatable bonds is 10. The first-order valence-corrected chi connectivity index (χ1v) is 11.9. The van der Waals surface area contributed by atoms with Crippen LogP contribution >= 0.6 is 0 Å². The van der Waals surface area contributed by atoms with Crippen molar-refractivity contribution in [2.75, 3.05) is 13.1 Å². The molecule has 6 N–H and O–H groups in total. The molecule has 37 heavy (non-hydrogen) atoms. The number of amides is 4. The molecule has 198 valence electrons. The van der Waals surface area contributed by atoms with E-state index in [-0.39, 0.29) is 37.2 Å². The molecule has 2 atom stereocenters. The molecular weight excluding hydrogens is 478 g/mol. The molecule has 12 heteroatoms. The van der Waals surface area contributed by atoms with Crippen LogP contribution in [0.5, 0.6) is 0 Å². The van der Waals surface area contributed by atoms with Gasteiger partial charge in [0.25, 0.3) is 11.8 Å². The Morgan fingerprint density at radius 3 is 2.49 bits per heavy atom. The van der Waals surface area contributed by atoms with E-state index in [2.05, 4.69) is 37.3 Å².